The fourth-order valence-corrected chi connectivity index (χ4v) is 6.66. The lowest BCUT2D eigenvalue weighted by Crippen LogP contribution is -2.40. The van der Waals surface area contributed by atoms with E-state index in [0.717, 1.165) is 35.0 Å². The Morgan fingerprint density at radius 2 is 1.90 bits per heavy atom. The van der Waals surface area contributed by atoms with Crippen molar-refractivity contribution in [3.63, 3.8) is 0 Å². The van der Waals surface area contributed by atoms with E-state index in [9.17, 15) is 22.8 Å². The molecular weight excluding hydrogens is 527 g/mol. The molecule has 7 nitrogen and oxygen atoms in total. The van der Waals surface area contributed by atoms with Crippen molar-refractivity contribution in [2.24, 2.45) is 0 Å². The number of hydrogen-bond acceptors (Lipinski definition) is 5. The van der Waals surface area contributed by atoms with E-state index < -0.39 is 11.9 Å². The van der Waals surface area contributed by atoms with E-state index in [1.807, 2.05) is 29.3 Å². The Labute approximate surface area is 229 Å². The van der Waals surface area contributed by atoms with E-state index in [-0.39, 0.29) is 30.3 Å². The highest BCUT2D eigenvalue weighted by Gasteiger charge is 2.35. The Hall–Kier alpha value is -3.21. The number of likely N-dealkylation sites (tertiary alicyclic amines) is 1. The Morgan fingerprint density at radius 3 is 2.59 bits per heavy atom. The molecule has 2 amide bonds. The lowest BCUT2D eigenvalue weighted by molar-refractivity contribution is -0.142. The molecule has 3 heterocycles. The Balaban J connectivity index is 1.20. The molecule has 0 bridgehead atoms. The molecule has 0 radical (unpaired) electrons. The number of rotatable bonds is 6. The summed E-state index contributed by atoms with van der Waals surface area (Å²) in [5.74, 6) is -0.175. The zero-order valence-electron chi connectivity index (χ0n) is 22.1. The maximum absolute atomic E-state index is 13.5. The van der Waals surface area contributed by atoms with Crippen LogP contribution in [0.2, 0.25) is 0 Å². The molecule has 39 heavy (non-hydrogen) atoms. The van der Waals surface area contributed by atoms with Crippen molar-refractivity contribution in [1.29, 1.82) is 0 Å². The van der Waals surface area contributed by atoms with Crippen LogP contribution in [0.5, 0.6) is 0 Å². The minimum Gasteiger partial charge on any atom is -0.341 e. The van der Waals surface area contributed by atoms with Gasteiger partial charge in [0, 0.05) is 36.6 Å². The summed E-state index contributed by atoms with van der Waals surface area (Å²) in [5.41, 5.74) is 2.31. The maximum atomic E-state index is 13.5. The number of carbonyl (C=O) groups is 2. The van der Waals surface area contributed by atoms with Crippen LogP contribution in [-0.2, 0) is 23.9 Å². The van der Waals surface area contributed by atoms with Gasteiger partial charge in [0.2, 0.25) is 5.91 Å². The van der Waals surface area contributed by atoms with Gasteiger partial charge in [-0.15, -0.1) is 11.3 Å². The Kier molecular flexibility index (Phi) is 7.80. The molecular formula is C28H32F3N5O2S. The van der Waals surface area contributed by atoms with Crippen LogP contribution in [0.15, 0.2) is 35.7 Å². The number of fused-ring (bicyclic) bond motifs is 1. The number of thiazole rings is 1. The van der Waals surface area contributed by atoms with Gasteiger partial charge < -0.3 is 9.80 Å². The first-order chi connectivity index (χ1) is 18.7. The monoisotopic (exact) mass is 559 g/mol. The van der Waals surface area contributed by atoms with Gasteiger partial charge in [0.05, 0.1) is 11.0 Å². The van der Waals surface area contributed by atoms with Gasteiger partial charge in [-0.25, -0.2) is 4.98 Å². The molecule has 1 aliphatic carbocycles. The molecule has 1 saturated heterocycles. The van der Waals surface area contributed by atoms with E-state index in [0.29, 0.717) is 43.9 Å². The lowest BCUT2D eigenvalue weighted by Gasteiger charge is -2.35. The van der Waals surface area contributed by atoms with Gasteiger partial charge in [0.25, 0.3) is 5.91 Å². The number of aromatic nitrogens is 3. The maximum Gasteiger partial charge on any atom is 0.435 e. The molecule has 208 valence electrons. The third-order valence-electron chi connectivity index (χ3n) is 7.81. The van der Waals surface area contributed by atoms with E-state index in [1.54, 1.807) is 4.90 Å². The number of aryl methyl sites for hydroxylation is 2. The van der Waals surface area contributed by atoms with Gasteiger partial charge in [-0.3, -0.25) is 14.3 Å². The van der Waals surface area contributed by atoms with Crippen molar-refractivity contribution in [2.75, 3.05) is 19.6 Å². The van der Waals surface area contributed by atoms with E-state index in [1.165, 1.54) is 29.4 Å². The second kappa shape index (κ2) is 11.1. The van der Waals surface area contributed by atoms with Crippen molar-refractivity contribution < 1.29 is 22.8 Å². The van der Waals surface area contributed by atoms with Crippen molar-refractivity contribution in [3.8, 4) is 0 Å². The summed E-state index contributed by atoms with van der Waals surface area (Å²) in [6.45, 7) is 4.86. The topological polar surface area (TPSA) is 71.3 Å². The number of halogens is 3. The van der Waals surface area contributed by atoms with E-state index in [2.05, 4.69) is 17.2 Å². The van der Waals surface area contributed by atoms with Crippen LogP contribution in [0.3, 0.4) is 0 Å². The first-order valence-corrected chi connectivity index (χ1v) is 14.3. The molecule has 1 aliphatic heterocycles. The van der Waals surface area contributed by atoms with Crippen LogP contribution in [-0.4, -0.2) is 56.0 Å². The van der Waals surface area contributed by atoms with Crippen LogP contribution < -0.4 is 0 Å². The highest BCUT2D eigenvalue weighted by atomic mass is 32.1. The van der Waals surface area contributed by atoms with Crippen LogP contribution in [0.25, 0.3) is 0 Å². The van der Waals surface area contributed by atoms with Crippen LogP contribution in [0, 0.1) is 6.92 Å². The fraction of sp³-hybridized carbons (Fsp3) is 0.500. The molecule has 0 N–H and O–H groups in total. The zero-order chi connectivity index (χ0) is 27.7. The molecule has 2 aromatic heterocycles. The molecule has 0 saturated carbocycles. The quantitative estimate of drug-likeness (QED) is 0.394. The molecule has 11 heteroatoms. The number of carbonyl (C=O) groups excluding carboxylic acids is 2. The molecule has 1 aromatic carbocycles. The number of benzene rings is 1. The second-order valence-corrected chi connectivity index (χ2v) is 11.1. The van der Waals surface area contributed by atoms with Crippen molar-refractivity contribution in [1.82, 2.24) is 24.6 Å². The Bertz CT molecular complexity index is 1340. The van der Waals surface area contributed by atoms with Gasteiger partial charge in [-0.2, -0.15) is 18.3 Å². The van der Waals surface area contributed by atoms with Crippen LogP contribution in [0.4, 0.5) is 13.2 Å². The van der Waals surface area contributed by atoms with Gasteiger partial charge in [0.15, 0.2) is 5.69 Å². The third kappa shape index (κ3) is 5.73. The number of hydrogen-bond donors (Lipinski definition) is 0. The zero-order valence-corrected chi connectivity index (χ0v) is 22.9. The van der Waals surface area contributed by atoms with Crippen molar-refractivity contribution in [3.05, 3.63) is 68.9 Å². The average Bonchev–Trinajstić information content (AvgIpc) is 3.57. The minimum atomic E-state index is -4.54. The van der Waals surface area contributed by atoms with Gasteiger partial charge in [-0.05, 0) is 63.1 Å². The highest BCUT2D eigenvalue weighted by molar-refractivity contribution is 7.09. The summed E-state index contributed by atoms with van der Waals surface area (Å²) in [5, 5.41) is 6.30. The normalized spacial score (nSPS) is 18.2. The van der Waals surface area contributed by atoms with Crippen LogP contribution in [0.1, 0.15) is 82.6 Å². The highest BCUT2D eigenvalue weighted by Crippen LogP contribution is 2.36. The number of piperidine rings is 1. The van der Waals surface area contributed by atoms with Crippen molar-refractivity contribution in [2.45, 2.75) is 70.6 Å². The third-order valence-corrected chi connectivity index (χ3v) is 8.82. The van der Waals surface area contributed by atoms with Gasteiger partial charge in [0.1, 0.15) is 12.2 Å². The molecule has 1 atom stereocenters. The predicted octanol–water partition coefficient (Wildman–Crippen LogP) is 5.61. The van der Waals surface area contributed by atoms with E-state index in [4.69, 9.17) is 4.98 Å². The predicted molar refractivity (Wildman–Crippen MR) is 141 cm³/mol. The van der Waals surface area contributed by atoms with Gasteiger partial charge >= 0.3 is 6.18 Å². The smallest absolute Gasteiger partial charge is 0.341 e. The van der Waals surface area contributed by atoms with Crippen LogP contribution >= 0.6 is 11.3 Å². The summed E-state index contributed by atoms with van der Waals surface area (Å²) in [6, 6.07) is 9.36. The first kappa shape index (κ1) is 27.4. The summed E-state index contributed by atoms with van der Waals surface area (Å²) in [7, 11) is 0. The SMILES string of the molecule is CCN(C(=O)c1csc(C2CCN(C(=O)Cn3nc(C(F)(F)F)cc3C)CC2)n1)C1CCCc2ccccc21. The standard InChI is InChI=1S/C28H32F3N5O2S/c1-3-35(23-10-6-8-19-7-4-5-9-21(19)23)27(38)22-17-39-26(32-22)20-11-13-34(14-12-20)25(37)16-36-18(2)15-24(33-36)28(29,30)31/h4-5,7,9,15,17,20,23H,3,6,8,10-14,16H2,1-2H3. The summed E-state index contributed by atoms with van der Waals surface area (Å²) >= 11 is 1.48. The largest absolute Gasteiger partial charge is 0.435 e. The molecule has 2 aliphatic rings. The minimum absolute atomic E-state index is 0.0532. The number of alkyl halides is 3. The molecule has 3 aromatic rings. The molecule has 5 rings (SSSR count). The molecule has 0 spiro atoms. The number of amides is 2. The van der Waals surface area contributed by atoms with Gasteiger partial charge in [-0.1, -0.05) is 24.3 Å². The lowest BCUT2D eigenvalue weighted by atomic mass is 9.86. The van der Waals surface area contributed by atoms with E-state index >= 15 is 0 Å². The second-order valence-electron chi connectivity index (χ2n) is 10.3. The molecule has 1 unspecified atom stereocenters. The first-order valence-electron chi connectivity index (χ1n) is 13.4. The Morgan fingerprint density at radius 1 is 1.15 bits per heavy atom. The summed E-state index contributed by atoms with van der Waals surface area (Å²) < 4.78 is 40.0. The average molecular weight is 560 g/mol. The summed E-state index contributed by atoms with van der Waals surface area (Å²) in [6.07, 6.45) is -0.139. The number of nitrogens with zero attached hydrogens (tertiary/aromatic N) is 5. The fourth-order valence-electron chi connectivity index (χ4n) is 5.69. The summed E-state index contributed by atoms with van der Waals surface area (Å²) in [4.78, 5) is 34.6. The van der Waals surface area contributed by atoms with Crippen molar-refractivity contribution >= 4 is 23.2 Å². The molecule has 1 fully saturated rings.